The number of Topliss-reactive ketones (excluding diaryl/α,β-unsaturated/α-hetero) is 4. The number of ketones is 4. The molecule has 11 heteroatoms. The van der Waals surface area contributed by atoms with Crippen molar-refractivity contribution in [3.05, 3.63) is 12.2 Å². The number of aliphatic hydroxyl groups is 2. The van der Waals surface area contributed by atoms with Crippen LogP contribution in [0.4, 0.5) is 0 Å². The molecule has 266 valence electrons. The highest BCUT2D eigenvalue weighted by Gasteiger charge is 2.44. The lowest BCUT2D eigenvalue weighted by atomic mass is 9.89. The average Bonchev–Trinajstić information content (AvgIpc) is 3.00. The van der Waals surface area contributed by atoms with Crippen LogP contribution in [-0.2, 0) is 42.9 Å². The van der Waals surface area contributed by atoms with Crippen LogP contribution in [0.3, 0.4) is 0 Å². The molecule has 3 unspecified atom stereocenters. The highest BCUT2D eigenvalue weighted by molar-refractivity contribution is 5.99. The van der Waals surface area contributed by atoms with Gasteiger partial charge in [-0.05, 0) is 73.6 Å². The third kappa shape index (κ3) is 15.5. The molecule has 0 aliphatic rings. The van der Waals surface area contributed by atoms with Crippen molar-refractivity contribution in [3.8, 4) is 0 Å². The first-order chi connectivity index (χ1) is 21.2. The topological polar surface area (TPSA) is 163 Å². The number of aliphatic hydroxyl groups excluding tert-OH is 2. The van der Waals surface area contributed by atoms with Gasteiger partial charge >= 0.3 is 5.97 Å². The van der Waals surface area contributed by atoms with Gasteiger partial charge in [0.1, 0.15) is 41.4 Å². The molecular formula is C35H60O11. The standard InChI is InChI=1S/C35H60O11/c1-11-35(10,46-23-22-43-32(42)25(4)5)27(37)19-15-13-17-21-45-34(8,9)31(41)29(39)28(38)30(40)33(6,7)44-20-16-12-14-18-26(36)24(2)3/h24,28-29,38-39H,4,11-23H2,1-3,5-10H3. The zero-order valence-corrected chi connectivity index (χ0v) is 29.7. The van der Waals surface area contributed by atoms with E-state index in [0.717, 1.165) is 12.8 Å². The Hall–Kier alpha value is -2.31. The van der Waals surface area contributed by atoms with E-state index >= 15 is 0 Å². The summed E-state index contributed by atoms with van der Waals surface area (Å²) < 4.78 is 22.1. The third-order valence-electron chi connectivity index (χ3n) is 8.06. The lowest BCUT2D eigenvalue weighted by Crippen LogP contribution is -2.54. The number of carbonyl (C=O) groups excluding carboxylic acids is 5. The lowest BCUT2D eigenvalue weighted by Gasteiger charge is -2.31. The van der Waals surface area contributed by atoms with Crippen molar-refractivity contribution in [1.82, 2.24) is 0 Å². The van der Waals surface area contributed by atoms with E-state index in [0.29, 0.717) is 38.5 Å². The summed E-state index contributed by atoms with van der Waals surface area (Å²) in [4.78, 5) is 61.9. The Balaban J connectivity index is 4.60. The van der Waals surface area contributed by atoms with Gasteiger partial charge in [-0.15, -0.1) is 0 Å². The van der Waals surface area contributed by atoms with E-state index in [2.05, 4.69) is 6.58 Å². The van der Waals surface area contributed by atoms with E-state index in [1.807, 2.05) is 20.8 Å². The molecule has 0 aliphatic carbocycles. The largest absolute Gasteiger partial charge is 0.460 e. The second-order valence-electron chi connectivity index (χ2n) is 13.4. The molecule has 0 aromatic carbocycles. The number of carbonyl (C=O) groups is 5. The van der Waals surface area contributed by atoms with Crippen molar-refractivity contribution in [2.24, 2.45) is 5.92 Å². The van der Waals surface area contributed by atoms with Gasteiger partial charge in [0, 0.05) is 37.5 Å². The second-order valence-corrected chi connectivity index (χ2v) is 13.4. The van der Waals surface area contributed by atoms with Gasteiger partial charge < -0.3 is 29.2 Å². The van der Waals surface area contributed by atoms with Crippen molar-refractivity contribution in [1.29, 1.82) is 0 Å². The van der Waals surface area contributed by atoms with Gasteiger partial charge in [-0.2, -0.15) is 0 Å². The first-order valence-corrected chi connectivity index (χ1v) is 16.5. The number of ether oxygens (including phenoxy) is 4. The van der Waals surface area contributed by atoms with Crippen molar-refractivity contribution in [3.63, 3.8) is 0 Å². The summed E-state index contributed by atoms with van der Waals surface area (Å²) >= 11 is 0. The molecule has 0 radical (unpaired) electrons. The van der Waals surface area contributed by atoms with Gasteiger partial charge in [-0.1, -0.05) is 40.2 Å². The maximum absolute atomic E-state index is 13.0. The first-order valence-electron chi connectivity index (χ1n) is 16.5. The van der Waals surface area contributed by atoms with E-state index in [-0.39, 0.29) is 55.9 Å². The van der Waals surface area contributed by atoms with E-state index in [1.54, 1.807) is 13.8 Å². The minimum atomic E-state index is -2.00. The fourth-order valence-corrected chi connectivity index (χ4v) is 4.40. The Bertz CT molecular complexity index is 1010. The summed E-state index contributed by atoms with van der Waals surface area (Å²) in [5, 5.41) is 21.1. The van der Waals surface area contributed by atoms with Gasteiger partial charge in [-0.3, -0.25) is 19.2 Å². The van der Waals surface area contributed by atoms with Crippen LogP contribution in [0.5, 0.6) is 0 Å². The highest BCUT2D eigenvalue weighted by Crippen LogP contribution is 2.22. The van der Waals surface area contributed by atoms with Crippen molar-refractivity contribution in [2.45, 2.75) is 149 Å². The lowest BCUT2D eigenvalue weighted by molar-refractivity contribution is -0.166. The van der Waals surface area contributed by atoms with E-state index in [4.69, 9.17) is 18.9 Å². The molecule has 11 nitrogen and oxygen atoms in total. The second kappa shape index (κ2) is 20.8. The molecule has 0 saturated heterocycles. The summed E-state index contributed by atoms with van der Waals surface area (Å²) in [6.07, 6.45) is 1.08. The van der Waals surface area contributed by atoms with E-state index in [9.17, 15) is 34.2 Å². The molecule has 0 amide bonds. The molecule has 0 aromatic heterocycles. The van der Waals surface area contributed by atoms with Crippen LogP contribution in [-0.4, -0.2) is 94.8 Å². The fraction of sp³-hybridized carbons (Fsp3) is 0.800. The van der Waals surface area contributed by atoms with Crippen LogP contribution >= 0.6 is 0 Å². The quantitative estimate of drug-likeness (QED) is 0.0719. The Morgan fingerprint density at radius 1 is 0.674 bits per heavy atom. The van der Waals surface area contributed by atoms with E-state index in [1.165, 1.54) is 27.7 Å². The maximum Gasteiger partial charge on any atom is 0.333 e. The minimum absolute atomic E-state index is 0.00466. The molecule has 0 fully saturated rings. The van der Waals surface area contributed by atoms with Gasteiger partial charge in [0.05, 0.1) is 6.61 Å². The predicted octanol–water partition coefficient (Wildman–Crippen LogP) is 4.66. The van der Waals surface area contributed by atoms with Crippen molar-refractivity contribution < 1.29 is 53.1 Å². The number of unbranched alkanes of at least 4 members (excludes halogenated alkanes) is 4. The molecule has 0 heterocycles. The zero-order chi connectivity index (χ0) is 35.7. The molecule has 0 aliphatic heterocycles. The molecule has 2 N–H and O–H groups in total. The maximum atomic E-state index is 13.0. The molecule has 0 rings (SSSR count). The van der Waals surface area contributed by atoms with Gasteiger partial charge in [0.15, 0.2) is 17.3 Å². The third-order valence-corrected chi connectivity index (χ3v) is 8.06. The molecule has 0 bridgehead atoms. The summed E-state index contributed by atoms with van der Waals surface area (Å²) in [5.41, 5.74) is -3.62. The molecule has 3 atom stereocenters. The van der Waals surface area contributed by atoms with Gasteiger partial charge in [-0.25, -0.2) is 4.79 Å². The molecule has 46 heavy (non-hydrogen) atoms. The van der Waals surface area contributed by atoms with Crippen molar-refractivity contribution >= 4 is 29.1 Å². The Morgan fingerprint density at radius 2 is 1.13 bits per heavy atom. The average molecular weight is 657 g/mol. The summed E-state index contributed by atoms with van der Waals surface area (Å²) in [5.74, 6) is -2.02. The zero-order valence-electron chi connectivity index (χ0n) is 29.7. The summed E-state index contributed by atoms with van der Waals surface area (Å²) in [7, 11) is 0. The Kier molecular flexibility index (Phi) is 19.8. The van der Waals surface area contributed by atoms with Crippen LogP contribution in [0.2, 0.25) is 0 Å². The monoisotopic (exact) mass is 656 g/mol. The van der Waals surface area contributed by atoms with Crippen LogP contribution in [0.25, 0.3) is 0 Å². The Morgan fingerprint density at radius 3 is 1.54 bits per heavy atom. The van der Waals surface area contributed by atoms with Crippen LogP contribution in [0, 0.1) is 5.92 Å². The van der Waals surface area contributed by atoms with Gasteiger partial charge in [0.2, 0.25) is 0 Å². The number of hydrogen-bond acceptors (Lipinski definition) is 11. The van der Waals surface area contributed by atoms with Gasteiger partial charge in [0.25, 0.3) is 0 Å². The highest BCUT2D eigenvalue weighted by atomic mass is 16.6. The SMILES string of the molecule is C=C(C)C(=O)OCCOC(C)(CC)C(=O)CCCCCOC(C)(C)C(=O)C(O)C(O)C(=O)C(C)(C)OCCCCCC(=O)C(C)C. The first kappa shape index (κ1) is 43.7. The number of esters is 1. The smallest absolute Gasteiger partial charge is 0.333 e. The number of hydrogen-bond donors (Lipinski definition) is 2. The summed E-state index contributed by atoms with van der Waals surface area (Å²) in [6, 6.07) is 0. The van der Waals surface area contributed by atoms with Crippen molar-refractivity contribution in [2.75, 3.05) is 26.4 Å². The Labute approximate surface area is 275 Å². The van der Waals surface area contributed by atoms with E-state index < -0.39 is 46.5 Å². The predicted molar refractivity (Wildman–Crippen MR) is 174 cm³/mol. The minimum Gasteiger partial charge on any atom is -0.460 e. The molecular weight excluding hydrogens is 596 g/mol. The van der Waals surface area contributed by atoms with Crippen LogP contribution in [0.1, 0.15) is 120 Å². The molecule has 0 spiro atoms. The van der Waals surface area contributed by atoms with Crippen LogP contribution in [0.15, 0.2) is 12.2 Å². The molecule has 0 aromatic rings. The summed E-state index contributed by atoms with van der Waals surface area (Å²) in [6.45, 7) is 18.7. The normalized spacial score (nSPS) is 14.8. The molecule has 0 saturated carbocycles. The fourth-order valence-electron chi connectivity index (χ4n) is 4.40. The van der Waals surface area contributed by atoms with Crippen LogP contribution < -0.4 is 0 Å². The number of rotatable bonds is 27.